The number of hydrogen-bond acceptors (Lipinski definition) is 2. The van der Waals surface area contributed by atoms with Crippen LogP contribution in [0.25, 0.3) is 5.69 Å². The highest BCUT2D eigenvalue weighted by Gasteiger charge is 2.20. The van der Waals surface area contributed by atoms with Crippen LogP contribution in [0.2, 0.25) is 0 Å². The molecule has 3 heteroatoms. The smallest absolute Gasteiger partial charge is 0.127 e. The number of nitrogens with two attached hydrogens (primary N) is 1. The van der Waals surface area contributed by atoms with Crippen LogP contribution in [0, 0.1) is 6.92 Å². The van der Waals surface area contributed by atoms with E-state index in [0.717, 1.165) is 17.8 Å². The van der Waals surface area contributed by atoms with E-state index in [4.69, 9.17) is 5.73 Å². The fourth-order valence-corrected chi connectivity index (χ4v) is 2.16. The second-order valence-corrected chi connectivity index (χ2v) is 6.10. The quantitative estimate of drug-likeness (QED) is 0.893. The fourth-order valence-electron chi connectivity index (χ4n) is 2.16. The molecule has 2 N–H and O–H groups in total. The molecule has 3 nitrogen and oxygen atoms in total. The minimum atomic E-state index is 0.0104. The minimum absolute atomic E-state index is 0.0104. The Balaban J connectivity index is 2.56. The Morgan fingerprint density at radius 3 is 2.42 bits per heavy atom. The van der Waals surface area contributed by atoms with Crippen molar-refractivity contribution in [1.82, 2.24) is 9.78 Å². The molecule has 0 bridgehead atoms. The van der Waals surface area contributed by atoms with Crippen LogP contribution in [0.3, 0.4) is 0 Å². The number of aromatic nitrogens is 2. The molecule has 0 saturated heterocycles. The third-order valence-corrected chi connectivity index (χ3v) is 3.35. The predicted molar refractivity (Wildman–Crippen MR) is 80.8 cm³/mol. The Bertz CT molecular complexity index is 589. The lowest BCUT2D eigenvalue weighted by Gasteiger charge is -2.14. The molecular weight excluding hydrogens is 234 g/mol. The Morgan fingerprint density at radius 1 is 1.21 bits per heavy atom. The van der Waals surface area contributed by atoms with Crippen molar-refractivity contribution >= 4 is 5.82 Å². The SMILES string of the molecule is CCc1cc(C)ccc1-n1nc(C(C)(C)C)cc1N. The number of nitrogens with zero attached hydrogens (tertiary/aromatic N) is 2. The summed E-state index contributed by atoms with van der Waals surface area (Å²) in [5.41, 5.74) is 10.8. The molecule has 0 radical (unpaired) electrons. The number of rotatable bonds is 2. The molecule has 0 atom stereocenters. The van der Waals surface area contributed by atoms with Crippen molar-refractivity contribution in [2.24, 2.45) is 0 Å². The lowest BCUT2D eigenvalue weighted by atomic mass is 9.92. The summed E-state index contributed by atoms with van der Waals surface area (Å²) < 4.78 is 1.86. The van der Waals surface area contributed by atoms with Crippen LogP contribution in [-0.4, -0.2) is 9.78 Å². The van der Waals surface area contributed by atoms with Crippen molar-refractivity contribution in [2.45, 2.75) is 46.5 Å². The highest BCUT2D eigenvalue weighted by Crippen LogP contribution is 2.26. The van der Waals surface area contributed by atoms with E-state index in [1.807, 2.05) is 10.7 Å². The van der Waals surface area contributed by atoms with E-state index in [1.54, 1.807) is 0 Å². The Hall–Kier alpha value is -1.77. The van der Waals surface area contributed by atoms with Gasteiger partial charge in [-0.15, -0.1) is 0 Å². The van der Waals surface area contributed by atoms with Gasteiger partial charge in [0.1, 0.15) is 5.82 Å². The molecule has 1 heterocycles. The highest BCUT2D eigenvalue weighted by atomic mass is 15.3. The monoisotopic (exact) mass is 257 g/mol. The first kappa shape index (κ1) is 13.7. The molecule has 0 unspecified atom stereocenters. The first-order chi connectivity index (χ1) is 8.82. The zero-order valence-corrected chi connectivity index (χ0v) is 12.5. The third kappa shape index (κ3) is 2.65. The van der Waals surface area contributed by atoms with Crippen LogP contribution < -0.4 is 5.73 Å². The average molecular weight is 257 g/mol. The molecular formula is C16H23N3. The van der Waals surface area contributed by atoms with E-state index in [2.05, 4.69) is 57.9 Å². The van der Waals surface area contributed by atoms with Crippen molar-refractivity contribution in [3.63, 3.8) is 0 Å². The molecule has 0 aliphatic rings. The first-order valence-corrected chi connectivity index (χ1v) is 6.79. The van der Waals surface area contributed by atoms with Gasteiger partial charge < -0.3 is 5.73 Å². The number of hydrogen-bond donors (Lipinski definition) is 1. The number of benzene rings is 1. The van der Waals surface area contributed by atoms with Crippen molar-refractivity contribution in [1.29, 1.82) is 0 Å². The second kappa shape index (κ2) is 4.72. The van der Waals surface area contributed by atoms with Crippen molar-refractivity contribution in [2.75, 3.05) is 5.73 Å². The van der Waals surface area contributed by atoms with E-state index in [1.165, 1.54) is 11.1 Å². The van der Waals surface area contributed by atoms with Gasteiger partial charge in [0.25, 0.3) is 0 Å². The van der Waals surface area contributed by atoms with Gasteiger partial charge in [-0.1, -0.05) is 45.4 Å². The van der Waals surface area contributed by atoms with Gasteiger partial charge in [-0.3, -0.25) is 0 Å². The summed E-state index contributed by atoms with van der Waals surface area (Å²) in [5.74, 6) is 0.698. The fraction of sp³-hybridized carbons (Fsp3) is 0.438. The van der Waals surface area contributed by atoms with Gasteiger partial charge in [0.2, 0.25) is 0 Å². The first-order valence-electron chi connectivity index (χ1n) is 6.79. The summed E-state index contributed by atoms with van der Waals surface area (Å²) in [6.07, 6.45) is 0.973. The molecule has 102 valence electrons. The van der Waals surface area contributed by atoms with Gasteiger partial charge >= 0.3 is 0 Å². The standard InChI is InChI=1S/C16H23N3/c1-6-12-9-11(2)7-8-13(12)19-15(17)10-14(18-19)16(3,4)5/h7-10H,6,17H2,1-5H3. The van der Waals surface area contributed by atoms with Gasteiger partial charge in [-0.25, -0.2) is 4.68 Å². The van der Waals surface area contributed by atoms with E-state index >= 15 is 0 Å². The predicted octanol–water partition coefficient (Wildman–Crippen LogP) is 3.62. The topological polar surface area (TPSA) is 43.8 Å². The van der Waals surface area contributed by atoms with Gasteiger partial charge in [0.05, 0.1) is 11.4 Å². The van der Waals surface area contributed by atoms with Gasteiger partial charge in [-0.2, -0.15) is 5.10 Å². The average Bonchev–Trinajstić information content (AvgIpc) is 2.71. The van der Waals surface area contributed by atoms with Crippen LogP contribution in [0.1, 0.15) is 44.5 Å². The zero-order chi connectivity index (χ0) is 14.2. The zero-order valence-electron chi connectivity index (χ0n) is 12.5. The molecule has 2 rings (SSSR count). The summed E-state index contributed by atoms with van der Waals surface area (Å²) in [7, 11) is 0. The summed E-state index contributed by atoms with van der Waals surface area (Å²) in [6.45, 7) is 10.7. The molecule has 2 aromatic rings. The normalized spacial score (nSPS) is 11.8. The van der Waals surface area contributed by atoms with E-state index < -0.39 is 0 Å². The van der Waals surface area contributed by atoms with E-state index in [0.29, 0.717) is 5.82 Å². The van der Waals surface area contributed by atoms with Gasteiger partial charge in [0.15, 0.2) is 0 Å². The molecule has 0 aliphatic heterocycles. The van der Waals surface area contributed by atoms with Crippen LogP contribution in [-0.2, 0) is 11.8 Å². The lowest BCUT2D eigenvalue weighted by Crippen LogP contribution is -2.13. The largest absolute Gasteiger partial charge is 0.384 e. The van der Waals surface area contributed by atoms with E-state index in [9.17, 15) is 0 Å². The highest BCUT2D eigenvalue weighted by molar-refractivity contribution is 5.49. The third-order valence-electron chi connectivity index (χ3n) is 3.35. The summed E-state index contributed by atoms with van der Waals surface area (Å²) in [4.78, 5) is 0. The lowest BCUT2D eigenvalue weighted by molar-refractivity contribution is 0.560. The number of aryl methyl sites for hydroxylation is 2. The van der Waals surface area contributed by atoms with Gasteiger partial charge in [0, 0.05) is 11.5 Å². The van der Waals surface area contributed by atoms with Crippen molar-refractivity contribution < 1.29 is 0 Å². The van der Waals surface area contributed by atoms with Crippen molar-refractivity contribution in [3.05, 3.63) is 41.1 Å². The number of anilines is 1. The Kier molecular flexibility index (Phi) is 3.40. The summed E-state index contributed by atoms with van der Waals surface area (Å²) in [5, 5.41) is 4.68. The summed E-state index contributed by atoms with van der Waals surface area (Å²) >= 11 is 0. The maximum Gasteiger partial charge on any atom is 0.127 e. The van der Waals surface area contributed by atoms with E-state index in [-0.39, 0.29) is 5.41 Å². The molecule has 0 fully saturated rings. The van der Waals surface area contributed by atoms with Gasteiger partial charge in [-0.05, 0) is 25.0 Å². The minimum Gasteiger partial charge on any atom is -0.384 e. The summed E-state index contributed by atoms with van der Waals surface area (Å²) in [6, 6.07) is 8.38. The Labute approximate surface area is 115 Å². The van der Waals surface area contributed by atoms with Crippen LogP contribution in [0.5, 0.6) is 0 Å². The number of nitrogen functional groups attached to an aromatic ring is 1. The van der Waals surface area contributed by atoms with Crippen molar-refractivity contribution in [3.8, 4) is 5.69 Å². The molecule has 19 heavy (non-hydrogen) atoms. The molecule has 1 aromatic carbocycles. The maximum atomic E-state index is 6.13. The van der Waals surface area contributed by atoms with Crippen LogP contribution >= 0.6 is 0 Å². The molecule has 0 spiro atoms. The van der Waals surface area contributed by atoms with Crippen LogP contribution in [0.15, 0.2) is 24.3 Å². The molecule has 1 aromatic heterocycles. The molecule has 0 amide bonds. The maximum absolute atomic E-state index is 6.13. The Morgan fingerprint density at radius 2 is 1.89 bits per heavy atom. The second-order valence-electron chi connectivity index (χ2n) is 6.10. The molecule has 0 saturated carbocycles. The molecule has 0 aliphatic carbocycles. The van der Waals surface area contributed by atoms with Crippen LogP contribution in [0.4, 0.5) is 5.82 Å².